The lowest BCUT2D eigenvalue weighted by atomic mass is 9.83. The summed E-state index contributed by atoms with van der Waals surface area (Å²) in [5.41, 5.74) is -0.684. The van der Waals surface area contributed by atoms with Gasteiger partial charge in [0.1, 0.15) is 12.6 Å². The van der Waals surface area contributed by atoms with E-state index in [2.05, 4.69) is 13.8 Å². The van der Waals surface area contributed by atoms with Gasteiger partial charge in [-0.2, -0.15) is 0 Å². The Labute approximate surface area is 206 Å². The molecule has 1 fully saturated rings. The molecule has 2 atom stereocenters. The van der Waals surface area contributed by atoms with Crippen molar-refractivity contribution in [2.45, 2.75) is 91.3 Å². The van der Waals surface area contributed by atoms with E-state index in [1.54, 1.807) is 0 Å². The minimum Gasteiger partial charge on any atom is -0.390 e. The second-order valence-electron chi connectivity index (χ2n) is 9.49. The molecule has 0 radical (unpaired) electrons. The van der Waals surface area contributed by atoms with Crippen molar-refractivity contribution in [3.63, 3.8) is 0 Å². The molecule has 1 aliphatic rings. The lowest BCUT2D eigenvalue weighted by molar-refractivity contribution is -0.118. The van der Waals surface area contributed by atoms with E-state index in [9.17, 15) is 19.8 Å². The molecular weight excluding hydrogens is 440 g/mol. The van der Waals surface area contributed by atoms with Crippen LogP contribution in [0, 0.1) is 10.8 Å². The van der Waals surface area contributed by atoms with Crippen molar-refractivity contribution >= 4 is 12.6 Å². The number of hydrogen-bond donors (Lipinski definition) is 2. The second-order valence-corrected chi connectivity index (χ2v) is 9.49. The molecule has 0 aromatic carbocycles. The first-order chi connectivity index (χ1) is 16.4. The highest BCUT2D eigenvalue weighted by atomic mass is 16.5. The van der Waals surface area contributed by atoms with Crippen molar-refractivity contribution in [1.29, 1.82) is 0 Å². The van der Waals surface area contributed by atoms with E-state index in [-0.39, 0.29) is 5.41 Å². The average molecular weight is 491 g/mol. The number of carbonyl (C=O) groups is 2. The van der Waals surface area contributed by atoms with Crippen LogP contribution in [0.1, 0.15) is 79.1 Å². The van der Waals surface area contributed by atoms with Crippen LogP contribution in [0.4, 0.5) is 0 Å². The molecule has 1 rings (SSSR count). The predicted molar refractivity (Wildman–Crippen MR) is 132 cm³/mol. The van der Waals surface area contributed by atoms with E-state index in [1.165, 1.54) is 0 Å². The molecule has 202 valence electrons. The second kappa shape index (κ2) is 20.3. The first-order valence-electron chi connectivity index (χ1n) is 12.9. The lowest BCUT2D eigenvalue weighted by Gasteiger charge is -2.29. The van der Waals surface area contributed by atoms with E-state index in [1.807, 2.05) is 13.8 Å². The summed E-state index contributed by atoms with van der Waals surface area (Å²) in [5.74, 6) is 0. The Kier molecular flexibility index (Phi) is 19.8. The highest BCUT2D eigenvalue weighted by molar-refractivity contribution is 5.56. The normalized spacial score (nSPS) is 19.5. The Bertz CT molecular complexity index is 455. The van der Waals surface area contributed by atoms with Crippen LogP contribution >= 0.6 is 0 Å². The number of ether oxygens (including phenoxy) is 4. The minimum absolute atomic E-state index is 0.205. The van der Waals surface area contributed by atoms with Crippen LogP contribution in [0.3, 0.4) is 0 Å². The predicted octanol–water partition coefficient (Wildman–Crippen LogP) is 3.35. The first-order valence-corrected chi connectivity index (χ1v) is 12.9. The Morgan fingerprint density at radius 3 is 1.38 bits per heavy atom. The van der Waals surface area contributed by atoms with Crippen molar-refractivity contribution in [3.05, 3.63) is 0 Å². The number of aliphatic hydroxyl groups excluding tert-OH is 2. The van der Waals surface area contributed by atoms with Gasteiger partial charge in [-0.15, -0.1) is 0 Å². The molecule has 0 aromatic rings. The maximum absolute atomic E-state index is 10.7. The van der Waals surface area contributed by atoms with E-state index in [4.69, 9.17) is 18.9 Å². The van der Waals surface area contributed by atoms with E-state index < -0.39 is 17.6 Å². The Morgan fingerprint density at radius 2 is 1.06 bits per heavy atom. The van der Waals surface area contributed by atoms with Gasteiger partial charge in [0.2, 0.25) is 0 Å². The SMILES string of the molecule is CCCOCC(CC=O)(CC=O)COCCC.CCCOCC1(COCCC)CC(O)C(O)C1. The quantitative estimate of drug-likeness (QED) is 0.197. The van der Waals surface area contributed by atoms with Crippen LogP contribution in [0.2, 0.25) is 0 Å². The van der Waals surface area contributed by atoms with Gasteiger partial charge in [0.25, 0.3) is 0 Å². The maximum atomic E-state index is 10.7. The largest absolute Gasteiger partial charge is 0.390 e. The van der Waals surface area contributed by atoms with Crippen LogP contribution in [0.25, 0.3) is 0 Å². The molecule has 8 heteroatoms. The molecule has 1 aliphatic carbocycles. The van der Waals surface area contributed by atoms with Crippen molar-refractivity contribution < 1.29 is 38.7 Å². The van der Waals surface area contributed by atoms with E-state index >= 15 is 0 Å². The molecule has 34 heavy (non-hydrogen) atoms. The smallest absolute Gasteiger partial charge is 0.120 e. The summed E-state index contributed by atoms with van der Waals surface area (Å²) in [6.45, 7) is 12.9. The summed E-state index contributed by atoms with van der Waals surface area (Å²) < 4.78 is 22.2. The molecular formula is C26H50O8. The van der Waals surface area contributed by atoms with Crippen molar-refractivity contribution in [3.8, 4) is 0 Å². The van der Waals surface area contributed by atoms with Crippen LogP contribution < -0.4 is 0 Å². The van der Waals surface area contributed by atoms with Gasteiger partial charge in [0, 0.05) is 50.1 Å². The fourth-order valence-electron chi connectivity index (χ4n) is 3.97. The van der Waals surface area contributed by atoms with Crippen LogP contribution in [0.15, 0.2) is 0 Å². The number of carbonyl (C=O) groups excluding carboxylic acids is 2. The molecule has 8 nitrogen and oxygen atoms in total. The van der Waals surface area contributed by atoms with E-state index in [0.717, 1.165) is 51.5 Å². The number of aldehydes is 2. The van der Waals surface area contributed by atoms with Gasteiger partial charge in [0.05, 0.1) is 38.6 Å². The highest BCUT2D eigenvalue weighted by Crippen LogP contribution is 2.39. The fraction of sp³-hybridized carbons (Fsp3) is 0.923. The monoisotopic (exact) mass is 490 g/mol. The van der Waals surface area contributed by atoms with Gasteiger partial charge in [-0.25, -0.2) is 0 Å². The van der Waals surface area contributed by atoms with Gasteiger partial charge in [-0.1, -0.05) is 27.7 Å². The van der Waals surface area contributed by atoms with E-state index in [0.29, 0.717) is 65.3 Å². The Balaban J connectivity index is 0.000000641. The van der Waals surface area contributed by atoms with Crippen molar-refractivity contribution in [2.24, 2.45) is 10.8 Å². The molecule has 0 saturated heterocycles. The average Bonchev–Trinajstić information content (AvgIpc) is 3.09. The molecule has 0 heterocycles. The number of aliphatic hydroxyl groups is 2. The molecule has 2 N–H and O–H groups in total. The van der Waals surface area contributed by atoms with Crippen molar-refractivity contribution in [1.82, 2.24) is 0 Å². The highest BCUT2D eigenvalue weighted by Gasteiger charge is 2.44. The van der Waals surface area contributed by atoms with Crippen LogP contribution in [-0.4, -0.2) is 87.8 Å². The zero-order valence-corrected chi connectivity index (χ0v) is 22.0. The lowest BCUT2D eigenvalue weighted by Crippen LogP contribution is -2.34. The molecule has 0 aromatic heterocycles. The summed E-state index contributed by atoms with van der Waals surface area (Å²) in [6.07, 6.45) is 5.98. The summed E-state index contributed by atoms with van der Waals surface area (Å²) >= 11 is 0. The Hall–Kier alpha value is -0.900. The van der Waals surface area contributed by atoms with Gasteiger partial charge in [0.15, 0.2) is 0 Å². The van der Waals surface area contributed by atoms with Crippen LogP contribution in [-0.2, 0) is 28.5 Å². The third kappa shape index (κ3) is 13.9. The minimum atomic E-state index is -0.634. The maximum Gasteiger partial charge on any atom is 0.120 e. The summed E-state index contributed by atoms with van der Waals surface area (Å²) in [5, 5.41) is 19.4. The molecule has 0 aliphatic heterocycles. The standard InChI is InChI=1S/C13H26O4.C13H24O4/c1-3-5-16-9-13(10-17-6-4-2)7-11(14)12(15)8-13;1-3-9-16-11-13(5-7-14,6-8-15)12-17-10-4-2/h11-12,14-15H,3-10H2,1-2H3;7-8H,3-6,9-12H2,1-2H3. The molecule has 0 bridgehead atoms. The molecule has 1 saturated carbocycles. The van der Waals surface area contributed by atoms with Gasteiger partial charge >= 0.3 is 0 Å². The van der Waals surface area contributed by atoms with Crippen molar-refractivity contribution in [2.75, 3.05) is 52.9 Å². The van der Waals surface area contributed by atoms with Crippen LogP contribution in [0.5, 0.6) is 0 Å². The number of hydrogen-bond acceptors (Lipinski definition) is 8. The summed E-state index contributed by atoms with van der Waals surface area (Å²) in [7, 11) is 0. The third-order valence-electron chi connectivity index (χ3n) is 5.79. The van der Waals surface area contributed by atoms with Gasteiger partial charge in [-0.05, 0) is 38.5 Å². The first kappa shape index (κ1) is 33.1. The zero-order chi connectivity index (χ0) is 25.7. The van der Waals surface area contributed by atoms with Gasteiger partial charge in [-0.3, -0.25) is 0 Å². The fourth-order valence-corrected chi connectivity index (χ4v) is 3.97. The zero-order valence-electron chi connectivity index (χ0n) is 22.0. The molecule has 0 spiro atoms. The number of rotatable bonds is 20. The Morgan fingerprint density at radius 1 is 0.706 bits per heavy atom. The molecule has 2 unspecified atom stereocenters. The molecule has 0 amide bonds. The summed E-state index contributed by atoms with van der Waals surface area (Å²) in [4.78, 5) is 21.5. The summed E-state index contributed by atoms with van der Waals surface area (Å²) in [6, 6.07) is 0. The third-order valence-corrected chi connectivity index (χ3v) is 5.79. The topological polar surface area (TPSA) is 112 Å². The van der Waals surface area contributed by atoms with Gasteiger partial charge < -0.3 is 38.7 Å².